The summed E-state index contributed by atoms with van der Waals surface area (Å²) in [6.45, 7) is 5.58. The van der Waals surface area contributed by atoms with Gasteiger partial charge in [-0.2, -0.15) is 0 Å². The van der Waals surface area contributed by atoms with Crippen molar-refractivity contribution in [2.24, 2.45) is 0 Å². The minimum absolute atomic E-state index is 0.105. The highest BCUT2D eigenvalue weighted by molar-refractivity contribution is 4.96. The van der Waals surface area contributed by atoms with Crippen LogP contribution in [0.4, 0.5) is 0 Å². The van der Waals surface area contributed by atoms with Crippen LogP contribution in [0.2, 0.25) is 0 Å². The van der Waals surface area contributed by atoms with E-state index in [1.807, 2.05) is 13.0 Å². The zero-order chi connectivity index (χ0) is 8.53. The van der Waals surface area contributed by atoms with Crippen LogP contribution in [0.15, 0.2) is 24.8 Å². The number of allylic oxidation sites excluding steroid dienone is 3. The summed E-state index contributed by atoms with van der Waals surface area (Å²) in [7, 11) is 0. The molecule has 0 saturated carbocycles. The molecule has 1 nitrogen and oxygen atoms in total. The van der Waals surface area contributed by atoms with Gasteiger partial charge in [0, 0.05) is 0 Å². The quantitative estimate of drug-likeness (QED) is 0.460. The van der Waals surface area contributed by atoms with Gasteiger partial charge in [0.1, 0.15) is 0 Å². The molecule has 0 heterocycles. The molecule has 0 aromatic heterocycles. The van der Waals surface area contributed by atoms with E-state index in [0.717, 1.165) is 25.7 Å². The number of hydrogen-bond donors (Lipinski definition) is 1. The molecule has 0 spiro atoms. The van der Waals surface area contributed by atoms with Crippen LogP contribution in [0.3, 0.4) is 0 Å². The molecule has 11 heavy (non-hydrogen) atoms. The highest BCUT2D eigenvalue weighted by Gasteiger charge is 1.97. The predicted molar refractivity (Wildman–Crippen MR) is 49.5 cm³/mol. The second kappa shape index (κ2) is 7.55. The third-order valence-corrected chi connectivity index (χ3v) is 1.65. The van der Waals surface area contributed by atoms with Gasteiger partial charge in [0.25, 0.3) is 0 Å². The van der Waals surface area contributed by atoms with Crippen LogP contribution in [-0.4, -0.2) is 11.2 Å². The normalized spacial score (nSPS) is 13.6. The summed E-state index contributed by atoms with van der Waals surface area (Å²) in [4.78, 5) is 0. The van der Waals surface area contributed by atoms with Crippen molar-refractivity contribution in [3.05, 3.63) is 24.8 Å². The first-order valence-corrected chi connectivity index (χ1v) is 4.26. The second-order valence-corrected chi connectivity index (χ2v) is 2.66. The van der Waals surface area contributed by atoms with Crippen LogP contribution < -0.4 is 0 Å². The maximum atomic E-state index is 9.17. The van der Waals surface area contributed by atoms with Gasteiger partial charge in [0.15, 0.2) is 0 Å². The summed E-state index contributed by atoms with van der Waals surface area (Å²) in [5.41, 5.74) is 0. The van der Waals surface area contributed by atoms with Crippen LogP contribution in [-0.2, 0) is 0 Å². The van der Waals surface area contributed by atoms with Gasteiger partial charge < -0.3 is 5.11 Å². The monoisotopic (exact) mass is 154 g/mol. The molecule has 1 heteroatoms. The standard InChI is InChI=1S/C10H18O/c1-3-5-6-7-8-9-10(11)4-2/h3,5-6,10-11H,1,4,7-9H2,2H3/b6-5-. The van der Waals surface area contributed by atoms with Crippen LogP contribution in [0.1, 0.15) is 32.6 Å². The van der Waals surface area contributed by atoms with E-state index in [0.29, 0.717) is 0 Å². The molecule has 0 aromatic carbocycles. The lowest BCUT2D eigenvalue weighted by molar-refractivity contribution is 0.158. The molecule has 0 aliphatic carbocycles. The van der Waals surface area contributed by atoms with E-state index < -0.39 is 0 Å². The first-order chi connectivity index (χ1) is 5.31. The van der Waals surface area contributed by atoms with Crippen molar-refractivity contribution in [3.8, 4) is 0 Å². The van der Waals surface area contributed by atoms with Crippen LogP contribution >= 0.6 is 0 Å². The van der Waals surface area contributed by atoms with Crippen LogP contribution in [0, 0.1) is 0 Å². The Balaban J connectivity index is 3.13. The summed E-state index contributed by atoms with van der Waals surface area (Å²) in [6, 6.07) is 0. The van der Waals surface area contributed by atoms with E-state index in [-0.39, 0.29) is 6.10 Å². The minimum Gasteiger partial charge on any atom is -0.393 e. The molecular formula is C10H18O. The molecule has 0 aliphatic rings. The highest BCUT2D eigenvalue weighted by Crippen LogP contribution is 2.03. The lowest BCUT2D eigenvalue weighted by Crippen LogP contribution is -2.02. The molecule has 1 unspecified atom stereocenters. The van der Waals surface area contributed by atoms with Crippen molar-refractivity contribution in [2.75, 3.05) is 0 Å². The maximum absolute atomic E-state index is 9.17. The summed E-state index contributed by atoms with van der Waals surface area (Å²) in [5.74, 6) is 0. The minimum atomic E-state index is -0.105. The average Bonchev–Trinajstić information content (AvgIpc) is 2.04. The summed E-state index contributed by atoms with van der Waals surface area (Å²) < 4.78 is 0. The summed E-state index contributed by atoms with van der Waals surface area (Å²) in [6.07, 6.45) is 9.59. The van der Waals surface area contributed by atoms with Gasteiger partial charge in [-0.25, -0.2) is 0 Å². The smallest absolute Gasteiger partial charge is 0.0537 e. The van der Waals surface area contributed by atoms with Crippen molar-refractivity contribution in [1.29, 1.82) is 0 Å². The summed E-state index contributed by atoms with van der Waals surface area (Å²) >= 11 is 0. The van der Waals surface area contributed by atoms with E-state index >= 15 is 0 Å². The molecule has 0 aliphatic heterocycles. The van der Waals surface area contributed by atoms with Crippen molar-refractivity contribution in [2.45, 2.75) is 38.7 Å². The predicted octanol–water partition coefficient (Wildman–Crippen LogP) is 2.67. The van der Waals surface area contributed by atoms with E-state index in [1.165, 1.54) is 0 Å². The molecule has 0 bridgehead atoms. The third kappa shape index (κ3) is 7.34. The lowest BCUT2D eigenvalue weighted by Gasteiger charge is -2.04. The number of unbranched alkanes of at least 4 members (excludes halogenated alkanes) is 1. The van der Waals surface area contributed by atoms with Gasteiger partial charge in [-0.15, -0.1) is 0 Å². The molecule has 1 N–H and O–H groups in total. The first kappa shape index (κ1) is 10.4. The molecule has 64 valence electrons. The fourth-order valence-electron chi connectivity index (χ4n) is 0.868. The topological polar surface area (TPSA) is 20.2 Å². The van der Waals surface area contributed by atoms with Gasteiger partial charge in [0.05, 0.1) is 6.10 Å². The molecule has 0 aromatic rings. The largest absolute Gasteiger partial charge is 0.393 e. The Labute approximate surface area is 69.4 Å². The number of rotatable bonds is 6. The number of hydrogen-bond acceptors (Lipinski definition) is 1. The Bertz CT molecular complexity index is 116. The van der Waals surface area contributed by atoms with Crippen LogP contribution in [0.5, 0.6) is 0 Å². The maximum Gasteiger partial charge on any atom is 0.0537 e. The van der Waals surface area contributed by atoms with Crippen molar-refractivity contribution >= 4 is 0 Å². The van der Waals surface area contributed by atoms with Crippen molar-refractivity contribution < 1.29 is 5.11 Å². The molecule has 0 fully saturated rings. The molecule has 0 amide bonds. The zero-order valence-electron chi connectivity index (χ0n) is 7.29. The van der Waals surface area contributed by atoms with Gasteiger partial charge in [-0.3, -0.25) is 0 Å². The van der Waals surface area contributed by atoms with Gasteiger partial charge in [-0.05, 0) is 25.7 Å². The first-order valence-electron chi connectivity index (χ1n) is 4.26. The van der Waals surface area contributed by atoms with E-state index in [9.17, 15) is 5.11 Å². The van der Waals surface area contributed by atoms with E-state index in [4.69, 9.17) is 0 Å². The molecule has 1 atom stereocenters. The SMILES string of the molecule is C=C/C=C\CCCC(O)CC. The summed E-state index contributed by atoms with van der Waals surface area (Å²) in [5, 5.41) is 9.17. The fraction of sp³-hybridized carbons (Fsp3) is 0.600. The van der Waals surface area contributed by atoms with Crippen LogP contribution in [0.25, 0.3) is 0 Å². The zero-order valence-corrected chi connectivity index (χ0v) is 7.29. The van der Waals surface area contributed by atoms with Gasteiger partial charge in [0.2, 0.25) is 0 Å². The average molecular weight is 154 g/mol. The van der Waals surface area contributed by atoms with Gasteiger partial charge >= 0.3 is 0 Å². The van der Waals surface area contributed by atoms with E-state index in [1.54, 1.807) is 6.08 Å². The third-order valence-electron chi connectivity index (χ3n) is 1.65. The second-order valence-electron chi connectivity index (χ2n) is 2.66. The Morgan fingerprint density at radius 2 is 2.27 bits per heavy atom. The van der Waals surface area contributed by atoms with Crippen molar-refractivity contribution in [1.82, 2.24) is 0 Å². The molecule has 0 rings (SSSR count). The van der Waals surface area contributed by atoms with Gasteiger partial charge in [-0.1, -0.05) is 31.7 Å². The Kier molecular flexibility index (Phi) is 7.16. The molecule has 0 saturated heterocycles. The molecule has 0 radical (unpaired) electrons. The lowest BCUT2D eigenvalue weighted by atomic mass is 10.1. The number of aliphatic hydroxyl groups excluding tert-OH is 1. The fourth-order valence-corrected chi connectivity index (χ4v) is 0.868. The Morgan fingerprint density at radius 1 is 1.55 bits per heavy atom. The molecular weight excluding hydrogens is 136 g/mol. The highest BCUT2D eigenvalue weighted by atomic mass is 16.3. The van der Waals surface area contributed by atoms with Crippen molar-refractivity contribution in [3.63, 3.8) is 0 Å². The Hall–Kier alpha value is -0.560. The number of aliphatic hydroxyl groups is 1. The van der Waals surface area contributed by atoms with E-state index in [2.05, 4.69) is 12.7 Å². The Morgan fingerprint density at radius 3 is 2.82 bits per heavy atom.